The van der Waals surface area contributed by atoms with Crippen molar-refractivity contribution in [2.24, 2.45) is 4.99 Å². The standard InChI is InChI=1S/C13H25N3O2S/c1-4-14-13(15-8-7-12(17)18-2)16-10-5-6-11(9-10)19-3/h10-11H,4-9H2,1-3H3,(H2,14,15,16). The highest BCUT2D eigenvalue weighted by Gasteiger charge is 2.24. The lowest BCUT2D eigenvalue weighted by Crippen LogP contribution is -2.42. The number of nitrogens with zero attached hydrogens (tertiary/aromatic N) is 1. The first-order valence-corrected chi connectivity index (χ1v) is 8.12. The van der Waals surface area contributed by atoms with E-state index in [1.54, 1.807) is 0 Å². The topological polar surface area (TPSA) is 62.7 Å². The van der Waals surface area contributed by atoms with Crippen LogP contribution in [0.2, 0.25) is 0 Å². The second kappa shape index (κ2) is 9.07. The first kappa shape index (κ1) is 16.1. The molecule has 0 radical (unpaired) electrons. The first-order chi connectivity index (χ1) is 9.19. The number of hydrogen-bond acceptors (Lipinski definition) is 4. The molecule has 0 aromatic heterocycles. The zero-order valence-electron chi connectivity index (χ0n) is 12.1. The number of aliphatic imine (C=N–C) groups is 1. The molecule has 1 aliphatic carbocycles. The van der Waals surface area contributed by atoms with Gasteiger partial charge in [0.2, 0.25) is 0 Å². The number of guanidine groups is 1. The molecule has 110 valence electrons. The molecule has 0 amide bonds. The van der Waals surface area contributed by atoms with Crippen molar-refractivity contribution in [3.05, 3.63) is 0 Å². The van der Waals surface area contributed by atoms with Gasteiger partial charge in [-0.2, -0.15) is 11.8 Å². The second-order valence-corrected chi connectivity index (χ2v) is 5.74. The van der Waals surface area contributed by atoms with Crippen LogP contribution in [0.3, 0.4) is 0 Å². The lowest BCUT2D eigenvalue weighted by Gasteiger charge is -2.17. The Bertz CT molecular complexity index is 310. The minimum Gasteiger partial charge on any atom is -0.469 e. The molecule has 0 bridgehead atoms. The van der Waals surface area contributed by atoms with Crippen LogP contribution in [-0.4, -0.2) is 49.7 Å². The number of hydrogen-bond donors (Lipinski definition) is 2. The number of nitrogens with one attached hydrogen (secondary N) is 2. The number of methoxy groups -OCH3 is 1. The van der Waals surface area contributed by atoms with Crippen molar-refractivity contribution < 1.29 is 9.53 Å². The minimum absolute atomic E-state index is 0.220. The van der Waals surface area contributed by atoms with Gasteiger partial charge in [0, 0.05) is 17.8 Å². The molecule has 0 heterocycles. The summed E-state index contributed by atoms with van der Waals surface area (Å²) in [6.45, 7) is 3.32. The highest BCUT2D eigenvalue weighted by Crippen LogP contribution is 2.27. The van der Waals surface area contributed by atoms with Crippen molar-refractivity contribution in [1.82, 2.24) is 10.6 Å². The van der Waals surface area contributed by atoms with Gasteiger partial charge in [0.1, 0.15) is 0 Å². The number of esters is 1. The van der Waals surface area contributed by atoms with E-state index in [0.29, 0.717) is 19.0 Å². The molecule has 6 heteroatoms. The molecule has 0 aliphatic heterocycles. The molecule has 2 unspecified atom stereocenters. The SMILES string of the molecule is CCNC(=NCCC(=O)OC)NC1CCC(SC)C1. The number of thioether (sulfide) groups is 1. The maximum absolute atomic E-state index is 11.0. The number of rotatable bonds is 6. The highest BCUT2D eigenvalue weighted by atomic mass is 32.2. The zero-order valence-corrected chi connectivity index (χ0v) is 12.9. The van der Waals surface area contributed by atoms with Gasteiger partial charge in [-0.25, -0.2) is 0 Å². The van der Waals surface area contributed by atoms with Crippen molar-refractivity contribution in [3.8, 4) is 0 Å². The Morgan fingerprint density at radius 3 is 2.84 bits per heavy atom. The zero-order chi connectivity index (χ0) is 14.1. The van der Waals surface area contributed by atoms with Gasteiger partial charge in [-0.1, -0.05) is 0 Å². The average molecular weight is 287 g/mol. The summed E-state index contributed by atoms with van der Waals surface area (Å²) >= 11 is 1.94. The van der Waals surface area contributed by atoms with E-state index in [2.05, 4.69) is 26.6 Å². The summed E-state index contributed by atoms with van der Waals surface area (Å²) < 4.78 is 4.60. The largest absolute Gasteiger partial charge is 0.469 e. The molecule has 1 fully saturated rings. The monoisotopic (exact) mass is 287 g/mol. The Morgan fingerprint density at radius 1 is 1.47 bits per heavy atom. The summed E-state index contributed by atoms with van der Waals surface area (Å²) in [4.78, 5) is 15.4. The molecule has 0 saturated heterocycles. The maximum atomic E-state index is 11.0. The van der Waals surface area contributed by atoms with Crippen molar-refractivity contribution in [2.45, 2.75) is 43.9 Å². The van der Waals surface area contributed by atoms with Crippen LogP contribution >= 0.6 is 11.8 Å². The second-order valence-electron chi connectivity index (χ2n) is 4.60. The molecular weight excluding hydrogens is 262 g/mol. The van der Waals surface area contributed by atoms with E-state index in [4.69, 9.17) is 0 Å². The molecule has 5 nitrogen and oxygen atoms in total. The van der Waals surface area contributed by atoms with Crippen LogP contribution in [0.4, 0.5) is 0 Å². The molecule has 0 spiro atoms. The molecule has 1 rings (SSSR count). The quantitative estimate of drug-likeness (QED) is 0.439. The smallest absolute Gasteiger partial charge is 0.307 e. The Morgan fingerprint density at radius 2 is 2.26 bits per heavy atom. The third-order valence-corrected chi connectivity index (χ3v) is 4.31. The first-order valence-electron chi connectivity index (χ1n) is 6.84. The van der Waals surface area contributed by atoms with E-state index in [0.717, 1.165) is 17.8 Å². The molecule has 1 saturated carbocycles. The fraction of sp³-hybridized carbons (Fsp3) is 0.846. The third-order valence-electron chi connectivity index (χ3n) is 3.22. The molecule has 2 atom stereocenters. The van der Waals surface area contributed by atoms with Crippen LogP contribution < -0.4 is 10.6 Å². The third kappa shape index (κ3) is 6.18. The van der Waals surface area contributed by atoms with E-state index in [1.807, 2.05) is 18.7 Å². The molecule has 1 aliphatic rings. The Hall–Kier alpha value is -0.910. The van der Waals surface area contributed by atoms with E-state index < -0.39 is 0 Å². The van der Waals surface area contributed by atoms with Gasteiger partial charge < -0.3 is 15.4 Å². The average Bonchev–Trinajstić information content (AvgIpc) is 2.86. The summed E-state index contributed by atoms with van der Waals surface area (Å²) in [5.41, 5.74) is 0. The van der Waals surface area contributed by atoms with Crippen LogP contribution in [0.25, 0.3) is 0 Å². The van der Waals surface area contributed by atoms with Crippen molar-refractivity contribution in [2.75, 3.05) is 26.5 Å². The summed E-state index contributed by atoms with van der Waals surface area (Å²) in [6, 6.07) is 0.494. The molecule has 0 aromatic carbocycles. The Balaban J connectivity index is 2.39. The van der Waals surface area contributed by atoms with Gasteiger partial charge in [-0.15, -0.1) is 0 Å². The van der Waals surface area contributed by atoms with Crippen LogP contribution in [0, 0.1) is 0 Å². The maximum Gasteiger partial charge on any atom is 0.307 e. The molecule has 2 N–H and O–H groups in total. The van der Waals surface area contributed by atoms with Crippen molar-refractivity contribution in [1.29, 1.82) is 0 Å². The number of carbonyl (C=O) groups is 1. The van der Waals surface area contributed by atoms with Crippen LogP contribution in [0.15, 0.2) is 4.99 Å². The summed E-state index contributed by atoms with van der Waals surface area (Å²) in [6.07, 6.45) is 6.13. The number of ether oxygens (including phenoxy) is 1. The van der Waals surface area contributed by atoms with Gasteiger partial charge >= 0.3 is 5.97 Å². The van der Waals surface area contributed by atoms with Crippen molar-refractivity contribution >= 4 is 23.7 Å². The van der Waals surface area contributed by atoms with E-state index in [-0.39, 0.29) is 5.97 Å². The van der Waals surface area contributed by atoms with Gasteiger partial charge in [-0.05, 0) is 32.4 Å². The molecule has 19 heavy (non-hydrogen) atoms. The lowest BCUT2D eigenvalue weighted by atomic mass is 10.2. The van der Waals surface area contributed by atoms with Crippen LogP contribution in [0.5, 0.6) is 0 Å². The molecule has 0 aromatic rings. The van der Waals surface area contributed by atoms with E-state index in [1.165, 1.54) is 26.4 Å². The normalized spacial score (nSPS) is 23.2. The Kier molecular flexibility index (Phi) is 7.70. The van der Waals surface area contributed by atoms with Crippen LogP contribution in [0.1, 0.15) is 32.6 Å². The van der Waals surface area contributed by atoms with E-state index >= 15 is 0 Å². The highest BCUT2D eigenvalue weighted by molar-refractivity contribution is 7.99. The summed E-state index contributed by atoms with van der Waals surface area (Å²) in [5, 5.41) is 7.42. The van der Waals surface area contributed by atoms with E-state index in [9.17, 15) is 4.79 Å². The fourth-order valence-electron chi connectivity index (χ4n) is 2.16. The van der Waals surface area contributed by atoms with Gasteiger partial charge in [-0.3, -0.25) is 9.79 Å². The Labute approximate surface area is 120 Å². The predicted octanol–water partition coefficient (Wildman–Crippen LogP) is 1.39. The van der Waals surface area contributed by atoms with Crippen molar-refractivity contribution in [3.63, 3.8) is 0 Å². The summed E-state index contributed by atoms with van der Waals surface area (Å²) in [7, 11) is 1.40. The minimum atomic E-state index is -0.220. The van der Waals surface area contributed by atoms with Crippen LogP contribution in [-0.2, 0) is 9.53 Å². The van der Waals surface area contributed by atoms with Gasteiger partial charge in [0.25, 0.3) is 0 Å². The van der Waals surface area contributed by atoms with Gasteiger partial charge in [0.15, 0.2) is 5.96 Å². The summed E-state index contributed by atoms with van der Waals surface area (Å²) in [5.74, 6) is 0.584. The fourth-order valence-corrected chi connectivity index (χ4v) is 2.96. The van der Waals surface area contributed by atoms with Gasteiger partial charge in [0.05, 0.1) is 20.1 Å². The lowest BCUT2D eigenvalue weighted by molar-refractivity contribution is -0.140. The molecular formula is C13H25N3O2S. The number of carbonyl (C=O) groups excluding carboxylic acids is 1. The predicted molar refractivity (Wildman–Crippen MR) is 80.7 cm³/mol.